The van der Waals surface area contributed by atoms with Gasteiger partial charge >= 0.3 is 0 Å². The molecule has 0 radical (unpaired) electrons. The predicted octanol–water partition coefficient (Wildman–Crippen LogP) is 3.64. The van der Waals surface area contributed by atoms with Crippen molar-refractivity contribution < 1.29 is 5.11 Å². The summed E-state index contributed by atoms with van der Waals surface area (Å²) in [5.74, 6) is 0.769. The molecule has 2 heteroatoms. The van der Waals surface area contributed by atoms with Crippen molar-refractivity contribution in [1.29, 1.82) is 0 Å². The Hall–Kier alpha value is -1.80. The van der Waals surface area contributed by atoms with E-state index in [9.17, 15) is 5.11 Å². The minimum absolute atomic E-state index is 0.341. The molecule has 0 saturated heterocycles. The maximum Gasteiger partial charge on any atom is 0.115 e. The standard InChI is InChI=1S/C18H23NO/c1-3-19-13-17(16-9-7-14(2)8-10-16)11-15-5-4-6-18(20)12-15/h4-10,12,17,19-20H,3,11,13H2,1-2H3. The van der Waals surface area contributed by atoms with Crippen LogP contribution < -0.4 is 5.32 Å². The SMILES string of the molecule is CCNCC(Cc1cccc(O)c1)c1ccc(C)cc1. The van der Waals surface area contributed by atoms with Crippen LogP contribution in [-0.4, -0.2) is 18.2 Å². The normalized spacial score (nSPS) is 12.3. The topological polar surface area (TPSA) is 32.3 Å². The third kappa shape index (κ3) is 4.10. The molecule has 0 saturated carbocycles. The maximum atomic E-state index is 9.59. The summed E-state index contributed by atoms with van der Waals surface area (Å²) in [6, 6.07) is 16.3. The second kappa shape index (κ2) is 7.11. The maximum absolute atomic E-state index is 9.59. The first-order valence-corrected chi connectivity index (χ1v) is 7.24. The second-order valence-corrected chi connectivity index (χ2v) is 5.29. The number of hydrogen-bond acceptors (Lipinski definition) is 2. The molecule has 0 spiro atoms. The van der Waals surface area contributed by atoms with Gasteiger partial charge < -0.3 is 10.4 Å². The highest BCUT2D eigenvalue weighted by Crippen LogP contribution is 2.22. The van der Waals surface area contributed by atoms with Crippen molar-refractivity contribution in [2.45, 2.75) is 26.2 Å². The number of phenols is 1. The van der Waals surface area contributed by atoms with E-state index < -0.39 is 0 Å². The van der Waals surface area contributed by atoms with Crippen molar-refractivity contribution in [3.8, 4) is 5.75 Å². The van der Waals surface area contributed by atoms with Gasteiger partial charge in [0.2, 0.25) is 0 Å². The van der Waals surface area contributed by atoms with Crippen molar-refractivity contribution in [2.75, 3.05) is 13.1 Å². The third-order valence-electron chi connectivity index (χ3n) is 3.58. The number of rotatable bonds is 6. The minimum atomic E-state index is 0.341. The van der Waals surface area contributed by atoms with Crippen LogP contribution in [0.4, 0.5) is 0 Å². The monoisotopic (exact) mass is 269 g/mol. The quantitative estimate of drug-likeness (QED) is 0.839. The molecule has 0 amide bonds. The molecular weight excluding hydrogens is 246 g/mol. The fourth-order valence-electron chi connectivity index (χ4n) is 2.43. The van der Waals surface area contributed by atoms with E-state index in [-0.39, 0.29) is 0 Å². The number of likely N-dealkylation sites (N-methyl/N-ethyl adjacent to an activating group) is 1. The molecule has 2 rings (SSSR count). The predicted molar refractivity (Wildman–Crippen MR) is 84.3 cm³/mol. The van der Waals surface area contributed by atoms with Crippen LogP contribution in [0.3, 0.4) is 0 Å². The van der Waals surface area contributed by atoms with Gasteiger partial charge in [-0.2, -0.15) is 0 Å². The number of hydrogen-bond donors (Lipinski definition) is 2. The van der Waals surface area contributed by atoms with E-state index in [0.717, 1.165) is 19.5 Å². The Morgan fingerprint density at radius 1 is 1.10 bits per heavy atom. The fraction of sp³-hybridized carbons (Fsp3) is 0.333. The number of nitrogens with one attached hydrogen (secondary N) is 1. The Labute approximate surface area is 121 Å². The van der Waals surface area contributed by atoms with E-state index in [1.165, 1.54) is 16.7 Å². The van der Waals surface area contributed by atoms with Crippen LogP contribution in [-0.2, 0) is 6.42 Å². The van der Waals surface area contributed by atoms with Crippen LogP contribution in [0.2, 0.25) is 0 Å². The van der Waals surface area contributed by atoms with Crippen LogP contribution in [0.1, 0.15) is 29.5 Å². The molecule has 0 bridgehead atoms. The molecule has 1 unspecified atom stereocenters. The van der Waals surface area contributed by atoms with Crippen molar-refractivity contribution in [3.63, 3.8) is 0 Å². The molecule has 0 aliphatic heterocycles. The van der Waals surface area contributed by atoms with E-state index in [4.69, 9.17) is 0 Å². The summed E-state index contributed by atoms with van der Waals surface area (Å²) in [6.07, 6.45) is 0.935. The second-order valence-electron chi connectivity index (χ2n) is 5.29. The molecule has 2 aromatic rings. The Kier molecular flexibility index (Phi) is 5.19. The largest absolute Gasteiger partial charge is 0.508 e. The Morgan fingerprint density at radius 2 is 1.85 bits per heavy atom. The zero-order valence-corrected chi connectivity index (χ0v) is 12.3. The van der Waals surface area contributed by atoms with Crippen molar-refractivity contribution in [3.05, 3.63) is 65.2 Å². The van der Waals surface area contributed by atoms with Crippen LogP contribution >= 0.6 is 0 Å². The molecule has 0 aromatic heterocycles. The first-order valence-electron chi connectivity index (χ1n) is 7.24. The average Bonchev–Trinajstić information content (AvgIpc) is 2.44. The molecule has 20 heavy (non-hydrogen) atoms. The van der Waals surface area contributed by atoms with Crippen LogP contribution in [0.25, 0.3) is 0 Å². The van der Waals surface area contributed by atoms with E-state index >= 15 is 0 Å². The van der Waals surface area contributed by atoms with Gasteiger partial charge in [-0.05, 0) is 43.1 Å². The van der Waals surface area contributed by atoms with Gasteiger partial charge in [-0.1, -0.05) is 48.9 Å². The number of benzene rings is 2. The van der Waals surface area contributed by atoms with E-state index in [2.05, 4.69) is 49.5 Å². The zero-order valence-electron chi connectivity index (χ0n) is 12.3. The molecule has 0 aliphatic rings. The van der Waals surface area contributed by atoms with E-state index in [1.54, 1.807) is 6.07 Å². The van der Waals surface area contributed by atoms with E-state index in [0.29, 0.717) is 11.7 Å². The Balaban J connectivity index is 2.16. The highest BCUT2D eigenvalue weighted by atomic mass is 16.3. The molecule has 1 atom stereocenters. The summed E-state index contributed by atoms with van der Waals surface area (Å²) in [7, 11) is 0. The highest BCUT2D eigenvalue weighted by molar-refractivity contribution is 5.31. The number of aryl methyl sites for hydroxylation is 1. The molecule has 2 N–H and O–H groups in total. The lowest BCUT2D eigenvalue weighted by molar-refractivity contribution is 0.474. The molecule has 2 nitrogen and oxygen atoms in total. The van der Waals surface area contributed by atoms with Gasteiger partial charge in [0, 0.05) is 12.5 Å². The molecule has 106 valence electrons. The number of phenolic OH excluding ortho intramolecular Hbond substituents is 1. The van der Waals surface area contributed by atoms with E-state index in [1.807, 2.05) is 12.1 Å². The minimum Gasteiger partial charge on any atom is -0.508 e. The summed E-state index contributed by atoms with van der Waals surface area (Å²) in [6.45, 7) is 6.16. The molecule has 0 fully saturated rings. The molecule has 0 heterocycles. The first-order chi connectivity index (χ1) is 9.69. The zero-order chi connectivity index (χ0) is 14.4. The summed E-state index contributed by atoms with van der Waals surface area (Å²) in [5, 5.41) is 13.0. The van der Waals surface area contributed by atoms with Gasteiger partial charge in [0.25, 0.3) is 0 Å². The van der Waals surface area contributed by atoms with Gasteiger partial charge in [-0.25, -0.2) is 0 Å². The lowest BCUT2D eigenvalue weighted by Gasteiger charge is -2.18. The van der Waals surface area contributed by atoms with Gasteiger partial charge in [0.05, 0.1) is 0 Å². The lowest BCUT2D eigenvalue weighted by atomic mass is 9.91. The highest BCUT2D eigenvalue weighted by Gasteiger charge is 2.12. The summed E-state index contributed by atoms with van der Waals surface area (Å²) in [4.78, 5) is 0. The van der Waals surface area contributed by atoms with Gasteiger partial charge in [0.1, 0.15) is 5.75 Å². The molecular formula is C18H23NO. The summed E-state index contributed by atoms with van der Waals surface area (Å²) < 4.78 is 0. The fourth-order valence-corrected chi connectivity index (χ4v) is 2.43. The summed E-state index contributed by atoms with van der Waals surface area (Å²) in [5.41, 5.74) is 3.81. The average molecular weight is 269 g/mol. The van der Waals surface area contributed by atoms with Crippen LogP contribution in [0.5, 0.6) is 5.75 Å². The first kappa shape index (κ1) is 14.6. The van der Waals surface area contributed by atoms with Crippen molar-refractivity contribution in [2.24, 2.45) is 0 Å². The van der Waals surface area contributed by atoms with Crippen LogP contribution in [0.15, 0.2) is 48.5 Å². The van der Waals surface area contributed by atoms with Gasteiger partial charge in [-0.3, -0.25) is 0 Å². The Morgan fingerprint density at radius 3 is 2.50 bits per heavy atom. The van der Waals surface area contributed by atoms with Crippen LogP contribution in [0, 0.1) is 6.92 Å². The van der Waals surface area contributed by atoms with Gasteiger partial charge in [0.15, 0.2) is 0 Å². The van der Waals surface area contributed by atoms with Gasteiger partial charge in [-0.15, -0.1) is 0 Å². The van der Waals surface area contributed by atoms with Crippen molar-refractivity contribution in [1.82, 2.24) is 5.32 Å². The molecule has 2 aromatic carbocycles. The van der Waals surface area contributed by atoms with Crippen molar-refractivity contribution >= 4 is 0 Å². The molecule has 0 aliphatic carbocycles. The number of aromatic hydroxyl groups is 1. The Bertz CT molecular complexity index is 533. The smallest absolute Gasteiger partial charge is 0.115 e. The lowest BCUT2D eigenvalue weighted by Crippen LogP contribution is -2.22. The summed E-state index contributed by atoms with van der Waals surface area (Å²) >= 11 is 0. The third-order valence-corrected chi connectivity index (χ3v) is 3.58.